The van der Waals surface area contributed by atoms with E-state index in [1.54, 1.807) is 17.0 Å². The molecule has 1 aliphatic heterocycles. The van der Waals surface area contributed by atoms with Gasteiger partial charge in [-0.25, -0.2) is 8.42 Å². The Morgan fingerprint density at radius 2 is 1.69 bits per heavy atom. The highest BCUT2D eigenvalue weighted by Crippen LogP contribution is 2.24. The van der Waals surface area contributed by atoms with Crippen molar-refractivity contribution in [2.24, 2.45) is 0 Å². The number of carboxylic acids is 1. The molecule has 0 aromatic heterocycles. The first-order valence-electron chi connectivity index (χ1n) is 8.77. The Morgan fingerprint density at radius 3 is 2.24 bits per heavy atom. The van der Waals surface area contributed by atoms with E-state index in [1.165, 1.54) is 36.4 Å². The molecule has 10 heteroatoms. The summed E-state index contributed by atoms with van der Waals surface area (Å²) in [7, 11) is -3.86. The number of hydrogen-bond donors (Lipinski definition) is 2. The Kier molecular flexibility index (Phi) is 5.83. The van der Waals surface area contributed by atoms with Crippen molar-refractivity contribution < 1.29 is 27.9 Å². The van der Waals surface area contributed by atoms with E-state index in [-0.39, 0.29) is 22.1 Å². The first kappa shape index (κ1) is 20.3. The van der Waals surface area contributed by atoms with Crippen molar-refractivity contribution in [3.05, 3.63) is 54.1 Å². The van der Waals surface area contributed by atoms with Gasteiger partial charge in [-0.2, -0.15) is 0 Å². The summed E-state index contributed by atoms with van der Waals surface area (Å²) in [5.41, 5.74) is 1.06. The van der Waals surface area contributed by atoms with Crippen LogP contribution in [0.5, 0.6) is 0 Å². The zero-order valence-corrected chi connectivity index (χ0v) is 16.1. The number of nitrogens with zero attached hydrogens (tertiary/aromatic N) is 1. The number of anilines is 2. The minimum Gasteiger partial charge on any atom is -0.548 e. The molecule has 3 rings (SSSR count). The minimum absolute atomic E-state index is 0.0162. The summed E-state index contributed by atoms with van der Waals surface area (Å²) in [4.78, 5) is 35.6. The summed E-state index contributed by atoms with van der Waals surface area (Å²) >= 11 is 0. The molecule has 0 unspecified atom stereocenters. The number of carbonyl (C=O) groups is 3. The van der Waals surface area contributed by atoms with Crippen LogP contribution in [0.15, 0.2) is 53.4 Å². The number of amides is 2. The van der Waals surface area contributed by atoms with Crippen LogP contribution in [0.25, 0.3) is 0 Å². The van der Waals surface area contributed by atoms with Crippen LogP contribution in [0, 0.1) is 0 Å². The fraction of sp³-hybridized carbons (Fsp3) is 0.211. The molecule has 0 radical (unpaired) electrons. The summed E-state index contributed by atoms with van der Waals surface area (Å²) < 4.78 is 27.5. The molecule has 1 heterocycles. The lowest BCUT2D eigenvalue weighted by atomic mass is 10.2. The quantitative estimate of drug-likeness (QED) is 0.657. The molecule has 1 aliphatic rings. The lowest BCUT2D eigenvalue weighted by Crippen LogP contribution is -2.37. The van der Waals surface area contributed by atoms with Gasteiger partial charge in [-0.3, -0.25) is 14.3 Å². The zero-order valence-electron chi connectivity index (χ0n) is 15.3. The van der Waals surface area contributed by atoms with E-state index in [0.717, 1.165) is 6.42 Å². The number of carboxylic acid groups (broad SMARTS) is 1. The maximum atomic E-state index is 12.6. The van der Waals surface area contributed by atoms with Crippen LogP contribution in [0.3, 0.4) is 0 Å². The van der Waals surface area contributed by atoms with Crippen LogP contribution in [0.2, 0.25) is 0 Å². The van der Waals surface area contributed by atoms with E-state index in [2.05, 4.69) is 10.0 Å². The highest BCUT2D eigenvalue weighted by molar-refractivity contribution is 7.92. The maximum absolute atomic E-state index is 12.6. The molecule has 0 saturated carbocycles. The molecular weight excluding hydrogens is 398 g/mol. The highest BCUT2D eigenvalue weighted by Gasteiger charge is 2.22. The van der Waals surface area contributed by atoms with Gasteiger partial charge in [0.25, 0.3) is 15.9 Å². The molecule has 152 valence electrons. The fourth-order valence-electron chi connectivity index (χ4n) is 2.88. The average Bonchev–Trinajstić information content (AvgIpc) is 3.12. The smallest absolute Gasteiger partial charge is 0.261 e. The zero-order chi connectivity index (χ0) is 21.0. The summed E-state index contributed by atoms with van der Waals surface area (Å²) in [6, 6.07) is 11.5. The van der Waals surface area contributed by atoms with E-state index in [0.29, 0.717) is 18.7 Å². The SMILES string of the molecule is O=C([O-])CNC(=O)c1ccc(NS(=O)(=O)c2ccc(N3CCCC3=O)cc2)cc1. The summed E-state index contributed by atoms with van der Waals surface area (Å²) in [5.74, 6) is -2.01. The minimum atomic E-state index is -3.86. The third kappa shape index (κ3) is 4.91. The van der Waals surface area contributed by atoms with Gasteiger partial charge < -0.3 is 20.1 Å². The molecule has 0 spiro atoms. The molecule has 0 bridgehead atoms. The number of carbonyl (C=O) groups excluding carboxylic acids is 3. The number of aliphatic carboxylic acids is 1. The molecule has 29 heavy (non-hydrogen) atoms. The Labute approximate surface area is 167 Å². The maximum Gasteiger partial charge on any atom is 0.261 e. The average molecular weight is 416 g/mol. The topological polar surface area (TPSA) is 136 Å². The van der Waals surface area contributed by atoms with Crippen LogP contribution in [0.4, 0.5) is 11.4 Å². The van der Waals surface area contributed by atoms with E-state index < -0.39 is 28.4 Å². The van der Waals surface area contributed by atoms with Crippen LogP contribution in [0.1, 0.15) is 23.2 Å². The van der Waals surface area contributed by atoms with Gasteiger partial charge in [0, 0.05) is 29.9 Å². The number of benzene rings is 2. The lowest BCUT2D eigenvalue weighted by molar-refractivity contribution is -0.303. The first-order valence-corrected chi connectivity index (χ1v) is 10.3. The molecule has 2 aromatic carbocycles. The number of rotatable bonds is 7. The Hall–Kier alpha value is -3.40. The molecule has 0 atom stereocenters. The van der Waals surface area contributed by atoms with Crippen molar-refractivity contribution in [1.29, 1.82) is 0 Å². The van der Waals surface area contributed by atoms with Crippen molar-refractivity contribution in [1.82, 2.24) is 5.32 Å². The molecule has 1 fully saturated rings. The Bertz CT molecular complexity index is 1030. The standard InChI is InChI=1S/C19H19N3O6S/c23-17-2-1-11-22(17)15-7-9-16(10-8-15)29(27,28)21-14-5-3-13(4-6-14)19(26)20-12-18(24)25/h3-10,21H,1-2,11-12H2,(H,20,26)(H,24,25)/p-1. The van der Waals surface area contributed by atoms with E-state index in [9.17, 15) is 27.9 Å². The van der Waals surface area contributed by atoms with Crippen molar-refractivity contribution in [2.75, 3.05) is 22.7 Å². The van der Waals surface area contributed by atoms with Crippen LogP contribution < -0.4 is 20.0 Å². The predicted octanol–water partition coefficient (Wildman–Crippen LogP) is 0.0939. The molecular formula is C19H18N3O6S-. The number of sulfonamides is 1. The molecule has 2 N–H and O–H groups in total. The molecule has 9 nitrogen and oxygen atoms in total. The monoisotopic (exact) mass is 416 g/mol. The number of nitrogens with one attached hydrogen (secondary N) is 2. The Morgan fingerprint density at radius 1 is 1.03 bits per heavy atom. The third-order valence-corrected chi connectivity index (χ3v) is 5.72. The van der Waals surface area contributed by atoms with Crippen molar-refractivity contribution in [3.8, 4) is 0 Å². The number of hydrogen-bond acceptors (Lipinski definition) is 6. The summed E-state index contributed by atoms with van der Waals surface area (Å²) in [6.07, 6.45) is 1.27. The van der Waals surface area contributed by atoms with Crippen LogP contribution in [-0.4, -0.2) is 39.3 Å². The van der Waals surface area contributed by atoms with Crippen molar-refractivity contribution in [2.45, 2.75) is 17.7 Å². The third-order valence-electron chi connectivity index (χ3n) is 4.32. The van der Waals surface area contributed by atoms with Crippen LogP contribution >= 0.6 is 0 Å². The molecule has 2 aromatic rings. The van der Waals surface area contributed by atoms with Gasteiger partial charge in [0.15, 0.2) is 0 Å². The van der Waals surface area contributed by atoms with E-state index in [1.807, 2.05) is 0 Å². The van der Waals surface area contributed by atoms with Crippen molar-refractivity contribution in [3.63, 3.8) is 0 Å². The van der Waals surface area contributed by atoms with Crippen molar-refractivity contribution >= 4 is 39.2 Å². The largest absolute Gasteiger partial charge is 0.548 e. The second kappa shape index (κ2) is 8.31. The second-order valence-corrected chi connectivity index (χ2v) is 8.06. The summed E-state index contributed by atoms with van der Waals surface area (Å²) in [6.45, 7) is -0.00167. The van der Waals surface area contributed by atoms with E-state index >= 15 is 0 Å². The predicted molar refractivity (Wildman–Crippen MR) is 103 cm³/mol. The Balaban J connectivity index is 1.68. The second-order valence-electron chi connectivity index (χ2n) is 6.38. The van der Waals surface area contributed by atoms with Gasteiger partial charge in [0.2, 0.25) is 5.91 Å². The van der Waals surface area contributed by atoms with E-state index in [4.69, 9.17) is 0 Å². The van der Waals surface area contributed by atoms with Crippen LogP contribution in [-0.2, 0) is 19.6 Å². The van der Waals surface area contributed by atoms with Gasteiger partial charge in [-0.1, -0.05) is 0 Å². The van der Waals surface area contributed by atoms with Gasteiger partial charge in [-0.05, 0) is 55.0 Å². The lowest BCUT2D eigenvalue weighted by Gasteiger charge is -2.16. The highest BCUT2D eigenvalue weighted by atomic mass is 32.2. The van der Waals surface area contributed by atoms with Gasteiger partial charge >= 0.3 is 0 Å². The molecule has 1 saturated heterocycles. The molecule has 2 amide bonds. The van der Waals surface area contributed by atoms with Gasteiger partial charge in [-0.15, -0.1) is 0 Å². The fourth-order valence-corrected chi connectivity index (χ4v) is 3.94. The normalized spacial score (nSPS) is 13.9. The van der Waals surface area contributed by atoms with Gasteiger partial charge in [0.1, 0.15) is 0 Å². The first-order chi connectivity index (χ1) is 13.8. The van der Waals surface area contributed by atoms with Gasteiger partial charge in [0.05, 0.1) is 17.4 Å². The molecule has 0 aliphatic carbocycles. The summed E-state index contributed by atoms with van der Waals surface area (Å²) in [5, 5.41) is 12.5.